The molecule has 1 aromatic rings. The smallest absolute Gasteiger partial charge is 0.329 e. The van der Waals surface area contributed by atoms with Gasteiger partial charge in [-0.3, -0.25) is 9.59 Å². The molecule has 0 spiro atoms. The van der Waals surface area contributed by atoms with Crippen LogP contribution in [0.25, 0.3) is 0 Å². The molecule has 0 saturated carbocycles. The Hall–Kier alpha value is -2.77. The predicted octanol–water partition coefficient (Wildman–Crippen LogP) is 0.218. The van der Waals surface area contributed by atoms with Crippen molar-refractivity contribution in [2.45, 2.75) is 18.9 Å². The van der Waals surface area contributed by atoms with Crippen molar-refractivity contribution in [1.82, 2.24) is 5.32 Å². The van der Waals surface area contributed by atoms with Gasteiger partial charge in [0.15, 0.2) is 18.1 Å². The van der Waals surface area contributed by atoms with Gasteiger partial charge in [-0.15, -0.1) is 0 Å². The summed E-state index contributed by atoms with van der Waals surface area (Å²) in [6.45, 7) is 0.529. The first kappa shape index (κ1) is 15.1. The molecule has 0 aliphatic carbocycles. The Bertz CT molecular complexity index is 645. The van der Waals surface area contributed by atoms with Gasteiger partial charge in [-0.2, -0.15) is 0 Å². The lowest BCUT2D eigenvalue weighted by Gasteiger charge is -2.19. The summed E-state index contributed by atoms with van der Waals surface area (Å²) in [7, 11) is 0. The molecule has 2 heterocycles. The van der Waals surface area contributed by atoms with Crippen molar-refractivity contribution in [3.05, 3.63) is 18.2 Å². The van der Waals surface area contributed by atoms with Crippen LogP contribution in [0.3, 0.4) is 0 Å². The highest BCUT2D eigenvalue weighted by molar-refractivity contribution is 5.94. The third-order valence-electron chi connectivity index (χ3n) is 3.45. The minimum Gasteiger partial charge on any atom is -0.486 e. The van der Waals surface area contributed by atoms with E-state index < -0.39 is 24.5 Å². The van der Waals surface area contributed by atoms with Crippen molar-refractivity contribution >= 4 is 23.5 Å². The molecule has 1 atom stereocenters. The summed E-state index contributed by atoms with van der Waals surface area (Å²) >= 11 is 0. The second kappa shape index (κ2) is 6.55. The summed E-state index contributed by atoms with van der Waals surface area (Å²) in [5.74, 6) is -0.0856. The lowest BCUT2D eigenvalue weighted by molar-refractivity contribution is -0.149. The average Bonchev–Trinajstić information content (AvgIpc) is 2.99. The van der Waals surface area contributed by atoms with E-state index in [0.717, 1.165) is 0 Å². The van der Waals surface area contributed by atoms with Crippen molar-refractivity contribution in [2.24, 2.45) is 0 Å². The highest BCUT2D eigenvalue weighted by atomic mass is 16.6. The van der Waals surface area contributed by atoms with Crippen LogP contribution in [0, 0.1) is 0 Å². The standard InChI is InChI=1S/C15H16N2O6/c18-13-4-2-10(17-13)15(20)23-8-14(19)16-9-1-3-11-12(7-9)22-6-5-21-11/h1,3,7,10H,2,4-6,8H2,(H,16,19)(H,17,18). The number of rotatable bonds is 4. The van der Waals surface area contributed by atoms with Gasteiger partial charge in [-0.25, -0.2) is 4.79 Å². The molecule has 0 aromatic heterocycles. The van der Waals surface area contributed by atoms with E-state index >= 15 is 0 Å². The van der Waals surface area contributed by atoms with Gasteiger partial charge >= 0.3 is 5.97 Å². The Labute approximate surface area is 132 Å². The van der Waals surface area contributed by atoms with Crippen LogP contribution in [-0.4, -0.2) is 43.6 Å². The Morgan fingerprint density at radius 1 is 1.26 bits per heavy atom. The van der Waals surface area contributed by atoms with Crippen molar-refractivity contribution in [2.75, 3.05) is 25.1 Å². The maximum atomic E-state index is 11.8. The first-order chi connectivity index (χ1) is 11.1. The lowest BCUT2D eigenvalue weighted by atomic mass is 10.2. The number of carbonyl (C=O) groups excluding carboxylic acids is 3. The molecule has 2 aliphatic heterocycles. The van der Waals surface area contributed by atoms with Crippen molar-refractivity contribution < 1.29 is 28.6 Å². The van der Waals surface area contributed by atoms with E-state index in [1.54, 1.807) is 18.2 Å². The number of esters is 1. The minimum absolute atomic E-state index is 0.187. The Morgan fingerprint density at radius 2 is 2.04 bits per heavy atom. The normalized spacial score (nSPS) is 19.0. The van der Waals surface area contributed by atoms with Crippen molar-refractivity contribution in [3.8, 4) is 11.5 Å². The SMILES string of the molecule is O=C(COC(=O)C1CCC(=O)N1)Nc1ccc2c(c1)OCCO2. The third kappa shape index (κ3) is 3.71. The van der Waals surface area contributed by atoms with Gasteiger partial charge in [0.25, 0.3) is 5.91 Å². The van der Waals surface area contributed by atoms with Gasteiger partial charge in [-0.05, 0) is 18.6 Å². The monoisotopic (exact) mass is 320 g/mol. The van der Waals surface area contributed by atoms with Crippen molar-refractivity contribution in [1.29, 1.82) is 0 Å². The molecule has 8 heteroatoms. The lowest BCUT2D eigenvalue weighted by Crippen LogP contribution is -2.36. The zero-order valence-corrected chi connectivity index (χ0v) is 12.3. The molecule has 122 valence electrons. The Balaban J connectivity index is 1.49. The van der Waals surface area contributed by atoms with Crippen molar-refractivity contribution in [3.63, 3.8) is 0 Å². The van der Waals surface area contributed by atoms with Crippen LogP contribution in [0.4, 0.5) is 5.69 Å². The number of hydrogen-bond acceptors (Lipinski definition) is 6. The van der Waals surface area contributed by atoms with Gasteiger partial charge in [0.1, 0.15) is 19.3 Å². The van der Waals surface area contributed by atoms with E-state index in [1.165, 1.54) is 0 Å². The zero-order valence-electron chi connectivity index (χ0n) is 12.3. The largest absolute Gasteiger partial charge is 0.486 e. The summed E-state index contributed by atoms with van der Waals surface area (Å²) < 4.78 is 15.7. The predicted molar refractivity (Wildman–Crippen MR) is 78.2 cm³/mol. The summed E-state index contributed by atoms with van der Waals surface area (Å²) in [5, 5.41) is 5.09. The topological polar surface area (TPSA) is 103 Å². The van der Waals surface area contributed by atoms with Crippen LogP contribution >= 0.6 is 0 Å². The highest BCUT2D eigenvalue weighted by Gasteiger charge is 2.28. The molecular formula is C15H16N2O6. The van der Waals surface area contributed by atoms with Gasteiger partial charge in [-0.1, -0.05) is 0 Å². The molecule has 0 bridgehead atoms. The first-order valence-corrected chi connectivity index (χ1v) is 7.27. The Kier molecular flexibility index (Phi) is 4.31. The molecule has 2 N–H and O–H groups in total. The molecule has 2 aliphatic rings. The number of fused-ring (bicyclic) bond motifs is 1. The number of ether oxygens (including phenoxy) is 3. The van der Waals surface area contributed by atoms with Crippen LogP contribution in [0.5, 0.6) is 11.5 Å². The van der Waals surface area contributed by atoms with E-state index in [2.05, 4.69) is 10.6 Å². The maximum Gasteiger partial charge on any atom is 0.329 e. The summed E-state index contributed by atoms with van der Waals surface area (Å²) in [6.07, 6.45) is 0.685. The van der Waals surface area contributed by atoms with Crippen LogP contribution in [-0.2, 0) is 19.1 Å². The maximum absolute atomic E-state index is 11.8. The molecule has 0 radical (unpaired) electrons. The highest BCUT2D eigenvalue weighted by Crippen LogP contribution is 2.32. The minimum atomic E-state index is -0.662. The second-order valence-electron chi connectivity index (χ2n) is 5.17. The molecule has 1 aromatic carbocycles. The fourth-order valence-electron chi connectivity index (χ4n) is 2.35. The molecule has 1 unspecified atom stereocenters. The van der Waals surface area contributed by atoms with E-state index in [0.29, 0.717) is 43.2 Å². The molecule has 23 heavy (non-hydrogen) atoms. The van der Waals surface area contributed by atoms with Gasteiger partial charge in [0, 0.05) is 18.2 Å². The number of anilines is 1. The van der Waals surface area contributed by atoms with E-state index in [9.17, 15) is 14.4 Å². The number of carbonyl (C=O) groups is 3. The number of benzene rings is 1. The first-order valence-electron chi connectivity index (χ1n) is 7.27. The fourth-order valence-corrected chi connectivity index (χ4v) is 2.35. The molecule has 8 nitrogen and oxygen atoms in total. The van der Waals surface area contributed by atoms with Gasteiger partial charge < -0.3 is 24.8 Å². The van der Waals surface area contributed by atoms with Crippen LogP contribution < -0.4 is 20.1 Å². The fraction of sp³-hybridized carbons (Fsp3) is 0.400. The number of amides is 2. The molecule has 1 saturated heterocycles. The number of nitrogens with one attached hydrogen (secondary N) is 2. The van der Waals surface area contributed by atoms with Crippen LogP contribution in [0.15, 0.2) is 18.2 Å². The summed E-state index contributed by atoms with van der Waals surface area (Å²) in [6, 6.07) is 4.35. The quantitative estimate of drug-likeness (QED) is 0.769. The summed E-state index contributed by atoms with van der Waals surface area (Å²) in [4.78, 5) is 34.5. The van der Waals surface area contributed by atoms with E-state index in [4.69, 9.17) is 14.2 Å². The molecule has 2 amide bonds. The molecule has 1 fully saturated rings. The van der Waals surface area contributed by atoms with E-state index in [1.807, 2.05) is 0 Å². The van der Waals surface area contributed by atoms with E-state index in [-0.39, 0.29) is 5.91 Å². The number of hydrogen-bond donors (Lipinski definition) is 2. The van der Waals surface area contributed by atoms with Crippen LogP contribution in [0.1, 0.15) is 12.8 Å². The molecular weight excluding hydrogens is 304 g/mol. The second-order valence-corrected chi connectivity index (χ2v) is 5.17. The summed E-state index contributed by atoms with van der Waals surface area (Å²) in [5.41, 5.74) is 0.518. The zero-order chi connectivity index (χ0) is 16.2. The third-order valence-corrected chi connectivity index (χ3v) is 3.45. The van der Waals surface area contributed by atoms with Gasteiger partial charge in [0.05, 0.1) is 0 Å². The van der Waals surface area contributed by atoms with Crippen LogP contribution in [0.2, 0.25) is 0 Å². The molecule has 3 rings (SSSR count). The Morgan fingerprint density at radius 3 is 2.78 bits per heavy atom. The average molecular weight is 320 g/mol. The van der Waals surface area contributed by atoms with Gasteiger partial charge in [0.2, 0.25) is 5.91 Å².